The van der Waals surface area contributed by atoms with Crippen LogP contribution < -0.4 is 5.43 Å². The molecule has 1 amide bonds. The Morgan fingerprint density at radius 3 is 2.86 bits per heavy atom. The van der Waals surface area contributed by atoms with Crippen molar-refractivity contribution in [2.24, 2.45) is 5.10 Å². The summed E-state index contributed by atoms with van der Waals surface area (Å²) in [7, 11) is 0. The molecule has 0 atom stereocenters. The van der Waals surface area contributed by atoms with Crippen LogP contribution in [0.4, 0.5) is 0 Å². The van der Waals surface area contributed by atoms with Gasteiger partial charge in [-0.1, -0.05) is 11.6 Å². The van der Waals surface area contributed by atoms with Gasteiger partial charge in [-0.2, -0.15) is 15.3 Å². The molecule has 2 heterocycles. The number of halogens is 2. The van der Waals surface area contributed by atoms with Gasteiger partial charge >= 0.3 is 0 Å². The van der Waals surface area contributed by atoms with Gasteiger partial charge in [-0.25, -0.2) is 5.43 Å². The molecule has 0 aliphatic carbocycles. The van der Waals surface area contributed by atoms with Gasteiger partial charge in [0, 0.05) is 25.7 Å². The number of aryl methyl sites for hydroxylation is 2. The summed E-state index contributed by atoms with van der Waals surface area (Å²) in [5.74, 6) is -0.190. The van der Waals surface area contributed by atoms with Crippen LogP contribution in [0.5, 0.6) is 0 Å². The van der Waals surface area contributed by atoms with Crippen molar-refractivity contribution >= 4 is 39.1 Å². The molecule has 7 nitrogen and oxygen atoms in total. The summed E-state index contributed by atoms with van der Waals surface area (Å²) < 4.78 is 4.26. The monoisotopic (exact) mass is 386 g/mol. The fourth-order valence-electron chi connectivity index (χ4n) is 1.89. The molecular formula is C13H16BrClN6O. The van der Waals surface area contributed by atoms with Gasteiger partial charge < -0.3 is 0 Å². The predicted octanol–water partition coefficient (Wildman–Crippen LogP) is 2.45. The first-order valence-corrected chi connectivity index (χ1v) is 7.91. The van der Waals surface area contributed by atoms with Crippen LogP contribution in [0.1, 0.15) is 26.0 Å². The summed E-state index contributed by atoms with van der Waals surface area (Å²) in [6.45, 7) is 4.98. The lowest BCUT2D eigenvalue weighted by molar-refractivity contribution is -0.121. The van der Waals surface area contributed by atoms with E-state index in [0.717, 1.165) is 16.7 Å². The van der Waals surface area contributed by atoms with Crippen molar-refractivity contribution in [3.63, 3.8) is 0 Å². The van der Waals surface area contributed by atoms with Gasteiger partial charge in [-0.05, 0) is 29.8 Å². The zero-order valence-corrected chi connectivity index (χ0v) is 14.6. The summed E-state index contributed by atoms with van der Waals surface area (Å²) in [6, 6.07) is 0. The van der Waals surface area contributed by atoms with E-state index >= 15 is 0 Å². The lowest BCUT2D eigenvalue weighted by atomic mass is 10.3. The van der Waals surface area contributed by atoms with Crippen LogP contribution in [0.3, 0.4) is 0 Å². The van der Waals surface area contributed by atoms with Gasteiger partial charge in [0.05, 0.1) is 33.3 Å². The van der Waals surface area contributed by atoms with Crippen LogP contribution in [-0.2, 0) is 17.9 Å². The Morgan fingerprint density at radius 1 is 1.45 bits per heavy atom. The smallest absolute Gasteiger partial charge is 0.241 e. The number of hydrogen-bond donors (Lipinski definition) is 1. The van der Waals surface area contributed by atoms with Gasteiger partial charge in [0.1, 0.15) is 0 Å². The fraction of sp³-hybridized carbons (Fsp3) is 0.385. The first-order valence-electron chi connectivity index (χ1n) is 6.74. The molecule has 0 saturated heterocycles. The minimum atomic E-state index is -0.190. The van der Waals surface area contributed by atoms with Crippen molar-refractivity contribution < 1.29 is 4.79 Å². The molecule has 0 fully saturated rings. The number of carbonyl (C=O) groups excluding carboxylic acids is 1. The Morgan fingerprint density at radius 2 is 2.23 bits per heavy atom. The van der Waals surface area contributed by atoms with E-state index in [1.54, 1.807) is 21.8 Å². The van der Waals surface area contributed by atoms with E-state index in [-0.39, 0.29) is 12.3 Å². The average molecular weight is 388 g/mol. The second kappa shape index (κ2) is 7.55. The van der Waals surface area contributed by atoms with Crippen LogP contribution in [-0.4, -0.2) is 31.2 Å². The Kier molecular flexibility index (Phi) is 5.73. The maximum absolute atomic E-state index is 11.8. The van der Waals surface area contributed by atoms with Crippen LogP contribution in [0, 0.1) is 0 Å². The number of nitrogens with zero attached hydrogens (tertiary/aromatic N) is 5. The topological polar surface area (TPSA) is 77.1 Å². The second-order valence-electron chi connectivity index (χ2n) is 4.56. The summed E-state index contributed by atoms with van der Waals surface area (Å²) in [6.07, 6.45) is 5.18. The molecule has 0 unspecified atom stereocenters. The summed E-state index contributed by atoms with van der Waals surface area (Å²) >= 11 is 9.19. The highest BCUT2D eigenvalue weighted by atomic mass is 79.9. The predicted molar refractivity (Wildman–Crippen MR) is 87.8 cm³/mol. The molecule has 0 spiro atoms. The number of nitrogens with one attached hydrogen (secondary N) is 1. The zero-order valence-electron chi connectivity index (χ0n) is 12.3. The molecule has 118 valence electrons. The number of hydrazone groups is 1. The van der Waals surface area contributed by atoms with E-state index < -0.39 is 0 Å². The van der Waals surface area contributed by atoms with Gasteiger partial charge in [-0.3, -0.25) is 14.2 Å². The number of aromatic nitrogens is 4. The standard InChI is InChI=1S/C13H16BrClN6O/c1-3-21-13(11(14)7-17-21)9(2)18-19-12(22)4-5-20-8-10(15)6-16-20/h6-8H,3-5H2,1-2H3,(H,19,22)/b18-9-. The number of carbonyl (C=O) groups is 1. The fourth-order valence-corrected chi connectivity index (χ4v) is 2.63. The van der Waals surface area contributed by atoms with Gasteiger partial charge in [0.15, 0.2) is 0 Å². The van der Waals surface area contributed by atoms with E-state index in [1.807, 2.05) is 13.8 Å². The molecule has 1 N–H and O–H groups in total. The lowest BCUT2D eigenvalue weighted by Gasteiger charge is -2.06. The van der Waals surface area contributed by atoms with Gasteiger partial charge in [0.25, 0.3) is 0 Å². The van der Waals surface area contributed by atoms with Crippen LogP contribution in [0.15, 0.2) is 28.2 Å². The first kappa shape index (κ1) is 16.7. The van der Waals surface area contributed by atoms with Crippen molar-refractivity contribution in [2.75, 3.05) is 0 Å². The zero-order chi connectivity index (χ0) is 16.1. The molecule has 0 radical (unpaired) electrons. The maximum atomic E-state index is 11.8. The second-order valence-corrected chi connectivity index (χ2v) is 5.85. The number of rotatable bonds is 6. The highest BCUT2D eigenvalue weighted by molar-refractivity contribution is 9.10. The summed E-state index contributed by atoms with van der Waals surface area (Å²) in [5.41, 5.74) is 4.07. The Balaban J connectivity index is 1.92. The molecule has 0 bridgehead atoms. The minimum absolute atomic E-state index is 0.190. The average Bonchev–Trinajstić information content (AvgIpc) is 3.08. The highest BCUT2D eigenvalue weighted by Crippen LogP contribution is 2.16. The summed E-state index contributed by atoms with van der Waals surface area (Å²) in [5, 5.41) is 12.9. The van der Waals surface area contributed by atoms with Crippen molar-refractivity contribution in [1.82, 2.24) is 25.0 Å². The molecule has 0 aliphatic heterocycles. The van der Waals surface area contributed by atoms with Gasteiger partial charge in [-0.15, -0.1) is 0 Å². The van der Waals surface area contributed by atoms with Crippen molar-refractivity contribution in [3.8, 4) is 0 Å². The van der Waals surface area contributed by atoms with E-state index in [2.05, 4.69) is 36.7 Å². The third-order valence-electron chi connectivity index (χ3n) is 2.96. The van der Waals surface area contributed by atoms with Crippen molar-refractivity contribution in [2.45, 2.75) is 33.4 Å². The van der Waals surface area contributed by atoms with Crippen LogP contribution in [0.2, 0.25) is 5.02 Å². The Bertz CT molecular complexity index is 693. The summed E-state index contributed by atoms with van der Waals surface area (Å²) in [4.78, 5) is 11.8. The van der Waals surface area contributed by atoms with E-state index in [4.69, 9.17) is 11.6 Å². The molecule has 2 aromatic heterocycles. The normalized spacial score (nSPS) is 11.7. The van der Waals surface area contributed by atoms with Gasteiger partial charge in [0.2, 0.25) is 5.91 Å². The third kappa shape index (κ3) is 4.17. The first-order chi connectivity index (χ1) is 10.5. The Labute approximate surface area is 141 Å². The quantitative estimate of drug-likeness (QED) is 0.611. The molecule has 9 heteroatoms. The van der Waals surface area contributed by atoms with Crippen LogP contribution in [0.25, 0.3) is 0 Å². The molecule has 22 heavy (non-hydrogen) atoms. The van der Waals surface area contributed by atoms with E-state index in [0.29, 0.717) is 17.3 Å². The number of hydrogen-bond acceptors (Lipinski definition) is 4. The SMILES string of the molecule is CCn1ncc(Br)c1/C(C)=N\NC(=O)CCn1cc(Cl)cn1. The van der Waals surface area contributed by atoms with Crippen molar-refractivity contribution in [1.29, 1.82) is 0 Å². The largest absolute Gasteiger partial charge is 0.273 e. The molecule has 2 rings (SSSR count). The van der Waals surface area contributed by atoms with E-state index in [9.17, 15) is 4.79 Å². The third-order valence-corrected chi connectivity index (χ3v) is 3.73. The molecule has 0 saturated carbocycles. The molecule has 0 aliphatic rings. The number of amides is 1. The molecule has 0 aromatic carbocycles. The van der Waals surface area contributed by atoms with Crippen molar-refractivity contribution in [3.05, 3.63) is 33.8 Å². The van der Waals surface area contributed by atoms with Crippen LogP contribution >= 0.6 is 27.5 Å². The maximum Gasteiger partial charge on any atom is 0.241 e. The lowest BCUT2D eigenvalue weighted by Crippen LogP contribution is -2.21. The minimum Gasteiger partial charge on any atom is -0.273 e. The van der Waals surface area contributed by atoms with E-state index in [1.165, 1.54) is 6.20 Å². The molecule has 2 aromatic rings. The Hall–Kier alpha value is -1.67. The highest BCUT2D eigenvalue weighted by Gasteiger charge is 2.11. The molecular weight excluding hydrogens is 372 g/mol.